The summed E-state index contributed by atoms with van der Waals surface area (Å²) >= 11 is 0. The third-order valence-corrected chi connectivity index (χ3v) is 2.50. The number of H-pyrrole nitrogens is 1. The van der Waals surface area contributed by atoms with Gasteiger partial charge < -0.3 is 15.4 Å². The Morgan fingerprint density at radius 1 is 1.50 bits per heavy atom. The average Bonchev–Trinajstić information content (AvgIpc) is 2.66. The van der Waals surface area contributed by atoms with E-state index < -0.39 is 0 Å². The van der Waals surface area contributed by atoms with E-state index in [9.17, 15) is 9.59 Å². The second-order valence-corrected chi connectivity index (χ2v) is 3.89. The van der Waals surface area contributed by atoms with Crippen LogP contribution < -0.4 is 5.73 Å². The molecule has 1 heterocycles. The van der Waals surface area contributed by atoms with Crippen LogP contribution in [0.3, 0.4) is 0 Å². The largest absolute Gasteiger partial charge is 0.466 e. The topological polar surface area (TPSA) is 101 Å². The van der Waals surface area contributed by atoms with Crippen molar-refractivity contribution in [2.45, 2.75) is 20.3 Å². The SMILES string of the molecule is CCOC(=O)CCN(C)C(=O)c1n[nH]c(C)c1N. The van der Waals surface area contributed by atoms with Crippen molar-refractivity contribution in [3.05, 3.63) is 11.4 Å². The number of hydrogen-bond acceptors (Lipinski definition) is 5. The minimum Gasteiger partial charge on any atom is -0.466 e. The number of aromatic nitrogens is 2. The summed E-state index contributed by atoms with van der Waals surface area (Å²) in [6.45, 7) is 4.07. The summed E-state index contributed by atoms with van der Waals surface area (Å²) in [6.07, 6.45) is 0.152. The predicted molar refractivity (Wildman–Crippen MR) is 65.9 cm³/mol. The molecule has 0 fully saturated rings. The zero-order valence-electron chi connectivity index (χ0n) is 10.8. The fourth-order valence-corrected chi connectivity index (χ4v) is 1.38. The van der Waals surface area contributed by atoms with Crippen molar-refractivity contribution in [1.29, 1.82) is 0 Å². The van der Waals surface area contributed by atoms with Gasteiger partial charge in [0.1, 0.15) is 0 Å². The maximum atomic E-state index is 12.0. The van der Waals surface area contributed by atoms with Crippen LogP contribution in [0.25, 0.3) is 0 Å². The summed E-state index contributed by atoms with van der Waals surface area (Å²) in [4.78, 5) is 24.5. The minimum absolute atomic E-state index is 0.152. The van der Waals surface area contributed by atoms with Gasteiger partial charge in [-0.25, -0.2) is 0 Å². The molecule has 1 aromatic heterocycles. The van der Waals surface area contributed by atoms with Gasteiger partial charge in [-0.1, -0.05) is 0 Å². The molecule has 1 aromatic rings. The lowest BCUT2D eigenvalue weighted by Crippen LogP contribution is -2.30. The fourth-order valence-electron chi connectivity index (χ4n) is 1.38. The number of nitrogens with two attached hydrogens (primary N) is 1. The van der Waals surface area contributed by atoms with Gasteiger partial charge in [-0.3, -0.25) is 14.7 Å². The normalized spacial score (nSPS) is 10.2. The van der Waals surface area contributed by atoms with E-state index in [0.717, 1.165) is 0 Å². The summed E-state index contributed by atoms with van der Waals surface area (Å²) in [5, 5.41) is 6.49. The minimum atomic E-state index is -0.330. The number of nitrogens with one attached hydrogen (secondary N) is 1. The Hall–Kier alpha value is -2.05. The van der Waals surface area contributed by atoms with Crippen molar-refractivity contribution in [2.75, 3.05) is 25.9 Å². The molecule has 0 radical (unpaired) electrons. The highest BCUT2D eigenvalue weighted by Crippen LogP contribution is 2.14. The molecule has 0 saturated carbocycles. The molecule has 0 spiro atoms. The Labute approximate surface area is 105 Å². The van der Waals surface area contributed by atoms with Crippen molar-refractivity contribution < 1.29 is 14.3 Å². The Morgan fingerprint density at radius 3 is 2.67 bits per heavy atom. The molecular weight excluding hydrogens is 236 g/mol. The summed E-state index contributed by atoms with van der Waals surface area (Å²) in [6, 6.07) is 0. The first-order valence-corrected chi connectivity index (χ1v) is 5.68. The van der Waals surface area contributed by atoms with E-state index in [2.05, 4.69) is 10.2 Å². The van der Waals surface area contributed by atoms with Gasteiger partial charge in [-0.2, -0.15) is 5.10 Å². The van der Waals surface area contributed by atoms with Crippen molar-refractivity contribution in [1.82, 2.24) is 15.1 Å². The number of carbonyl (C=O) groups is 2. The number of rotatable bonds is 5. The number of aryl methyl sites for hydroxylation is 1. The lowest BCUT2D eigenvalue weighted by molar-refractivity contribution is -0.143. The van der Waals surface area contributed by atoms with Crippen LogP contribution in [-0.4, -0.2) is 47.2 Å². The van der Waals surface area contributed by atoms with Crippen molar-refractivity contribution in [3.8, 4) is 0 Å². The van der Waals surface area contributed by atoms with Crippen molar-refractivity contribution in [2.24, 2.45) is 0 Å². The highest BCUT2D eigenvalue weighted by Gasteiger charge is 2.19. The van der Waals surface area contributed by atoms with Gasteiger partial charge in [0, 0.05) is 13.6 Å². The van der Waals surface area contributed by atoms with Crippen LogP contribution in [0.2, 0.25) is 0 Å². The van der Waals surface area contributed by atoms with Crippen LogP contribution in [0.4, 0.5) is 5.69 Å². The Bertz CT molecular complexity index is 441. The van der Waals surface area contributed by atoms with E-state index >= 15 is 0 Å². The summed E-state index contributed by atoms with van der Waals surface area (Å²) in [5.41, 5.74) is 6.88. The van der Waals surface area contributed by atoms with E-state index in [1.165, 1.54) is 4.90 Å². The number of nitrogens with zero attached hydrogens (tertiary/aromatic N) is 2. The Balaban J connectivity index is 2.57. The number of nitrogen functional groups attached to an aromatic ring is 1. The molecule has 100 valence electrons. The molecule has 0 aromatic carbocycles. The third kappa shape index (κ3) is 3.22. The van der Waals surface area contributed by atoms with Crippen LogP contribution in [0, 0.1) is 6.92 Å². The first-order valence-electron chi connectivity index (χ1n) is 5.68. The molecule has 0 saturated heterocycles. The van der Waals surface area contributed by atoms with Crippen LogP contribution in [0.5, 0.6) is 0 Å². The number of aromatic amines is 1. The number of anilines is 1. The standard InChI is InChI=1S/C11H18N4O3/c1-4-18-8(16)5-6-15(3)11(17)10-9(12)7(2)13-14-10/h4-6,12H2,1-3H3,(H,13,14). The molecule has 1 amide bonds. The maximum Gasteiger partial charge on any atom is 0.307 e. The zero-order valence-corrected chi connectivity index (χ0v) is 10.8. The monoisotopic (exact) mass is 254 g/mol. The van der Waals surface area contributed by atoms with E-state index in [1.807, 2.05) is 0 Å². The maximum absolute atomic E-state index is 12.0. The van der Waals surface area contributed by atoms with E-state index in [1.54, 1.807) is 20.9 Å². The van der Waals surface area contributed by atoms with Gasteiger partial charge in [0.15, 0.2) is 5.69 Å². The zero-order chi connectivity index (χ0) is 13.7. The second kappa shape index (κ2) is 6.04. The number of carbonyl (C=O) groups excluding carboxylic acids is 2. The van der Waals surface area contributed by atoms with Gasteiger partial charge in [0.05, 0.1) is 24.4 Å². The highest BCUT2D eigenvalue weighted by atomic mass is 16.5. The molecule has 0 aliphatic carbocycles. The van der Waals surface area contributed by atoms with Gasteiger partial charge >= 0.3 is 5.97 Å². The summed E-state index contributed by atoms with van der Waals surface area (Å²) in [5.74, 6) is -0.649. The molecule has 1 rings (SSSR count). The average molecular weight is 254 g/mol. The highest BCUT2D eigenvalue weighted by molar-refractivity contribution is 5.97. The van der Waals surface area contributed by atoms with Crippen LogP contribution >= 0.6 is 0 Å². The first-order chi connectivity index (χ1) is 8.47. The lowest BCUT2D eigenvalue weighted by Gasteiger charge is -2.15. The molecule has 0 unspecified atom stereocenters. The molecule has 7 nitrogen and oxygen atoms in total. The number of ether oxygens (including phenoxy) is 1. The molecule has 0 atom stereocenters. The number of hydrogen-bond donors (Lipinski definition) is 2. The molecular formula is C11H18N4O3. The summed E-state index contributed by atoms with van der Waals surface area (Å²) < 4.78 is 4.78. The quantitative estimate of drug-likeness (QED) is 0.737. The van der Waals surface area contributed by atoms with Gasteiger partial charge in [-0.05, 0) is 13.8 Å². The molecule has 0 aliphatic heterocycles. The van der Waals surface area contributed by atoms with Gasteiger partial charge in [0.2, 0.25) is 0 Å². The van der Waals surface area contributed by atoms with E-state index in [4.69, 9.17) is 10.5 Å². The van der Waals surface area contributed by atoms with E-state index in [0.29, 0.717) is 18.0 Å². The lowest BCUT2D eigenvalue weighted by atomic mass is 10.2. The van der Waals surface area contributed by atoms with Gasteiger partial charge in [0.25, 0.3) is 5.91 Å². The van der Waals surface area contributed by atoms with Crippen LogP contribution in [0.15, 0.2) is 0 Å². The molecule has 7 heteroatoms. The Kier molecular flexibility index (Phi) is 4.70. The van der Waals surface area contributed by atoms with Gasteiger partial charge in [-0.15, -0.1) is 0 Å². The third-order valence-electron chi connectivity index (χ3n) is 2.50. The number of amides is 1. The van der Waals surface area contributed by atoms with E-state index in [-0.39, 0.29) is 30.5 Å². The number of esters is 1. The molecule has 18 heavy (non-hydrogen) atoms. The Morgan fingerprint density at radius 2 is 2.17 bits per heavy atom. The fraction of sp³-hybridized carbons (Fsp3) is 0.545. The first kappa shape index (κ1) is 14.0. The predicted octanol–water partition coefficient (Wildman–Crippen LogP) is 0.326. The van der Waals surface area contributed by atoms with Crippen molar-refractivity contribution in [3.63, 3.8) is 0 Å². The second-order valence-electron chi connectivity index (χ2n) is 3.89. The summed E-state index contributed by atoms with van der Waals surface area (Å²) in [7, 11) is 1.59. The van der Waals surface area contributed by atoms with Crippen molar-refractivity contribution >= 4 is 17.6 Å². The van der Waals surface area contributed by atoms with Crippen LogP contribution in [0.1, 0.15) is 29.5 Å². The molecule has 0 aliphatic rings. The molecule has 0 bridgehead atoms. The smallest absolute Gasteiger partial charge is 0.307 e. The molecule has 3 N–H and O–H groups in total. The van der Waals surface area contributed by atoms with Crippen LogP contribution in [-0.2, 0) is 9.53 Å².